The Kier molecular flexibility index (Phi) is 10.8. The van der Waals surface area contributed by atoms with Crippen LogP contribution < -0.4 is 10.1 Å². The minimum atomic E-state index is -0.361. The summed E-state index contributed by atoms with van der Waals surface area (Å²) in [5, 5.41) is 22.3. The van der Waals surface area contributed by atoms with Crippen LogP contribution in [0.5, 0.6) is 17.2 Å². The lowest BCUT2D eigenvalue weighted by atomic mass is 10.1. The number of ether oxygens (including phenoxy) is 1. The van der Waals surface area contributed by atoms with Crippen molar-refractivity contribution >= 4 is 11.6 Å². The number of aromatic hydroxyl groups is 2. The van der Waals surface area contributed by atoms with Gasteiger partial charge in [0.25, 0.3) is 5.91 Å². The minimum absolute atomic E-state index is 0.0174. The number of carbonyl (C=O) groups excluding carboxylic acids is 1. The number of anilines is 1. The van der Waals surface area contributed by atoms with Crippen LogP contribution >= 0.6 is 0 Å². The Balaban J connectivity index is 1.64. The number of hydrogen-bond acceptors (Lipinski definition) is 4. The molecular weight excluding hydrogens is 390 g/mol. The van der Waals surface area contributed by atoms with Crippen molar-refractivity contribution in [3.05, 3.63) is 47.5 Å². The molecule has 0 fully saturated rings. The molecule has 0 saturated heterocycles. The summed E-state index contributed by atoms with van der Waals surface area (Å²) < 4.78 is 5.77. The third-order valence-electron chi connectivity index (χ3n) is 5.45. The van der Waals surface area contributed by atoms with Gasteiger partial charge in [0.05, 0.1) is 12.3 Å². The van der Waals surface area contributed by atoms with Crippen molar-refractivity contribution in [1.29, 1.82) is 0 Å². The highest BCUT2D eigenvalue weighted by atomic mass is 16.5. The fraction of sp³-hybridized carbons (Fsp3) is 0.500. The first-order valence-electron chi connectivity index (χ1n) is 11.6. The average Bonchev–Trinajstić information content (AvgIpc) is 2.76. The van der Waals surface area contributed by atoms with Crippen molar-refractivity contribution in [2.24, 2.45) is 0 Å². The van der Waals surface area contributed by atoms with E-state index >= 15 is 0 Å². The number of unbranched alkanes of at least 4 members (excludes halogenated alkanes) is 9. The number of nitrogens with one attached hydrogen (secondary N) is 1. The van der Waals surface area contributed by atoms with Crippen LogP contribution in [0.25, 0.3) is 0 Å². The smallest absolute Gasteiger partial charge is 0.255 e. The molecule has 0 spiro atoms. The maximum Gasteiger partial charge on any atom is 0.255 e. The lowest BCUT2D eigenvalue weighted by molar-refractivity contribution is 0.102. The van der Waals surface area contributed by atoms with Gasteiger partial charge in [0.15, 0.2) is 0 Å². The Labute approximate surface area is 186 Å². The van der Waals surface area contributed by atoms with Gasteiger partial charge in [-0.3, -0.25) is 4.79 Å². The summed E-state index contributed by atoms with van der Waals surface area (Å²) in [6.07, 6.45) is 12.9. The van der Waals surface area contributed by atoms with E-state index in [1.165, 1.54) is 69.9 Å². The summed E-state index contributed by atoms with van der Waals surface area (Å²) in [5.74, 6) is 0.312. The molecule has 0 bridgehead atoms. The van der Waals surface area contributed by atoms with E-state index in [1.807, 2.05) is 0 Å². The Bertz CT molecular complexity index is 802. The van der Waals surface area contributed by atoms with E-state index in [0.29, 0.717) is 17.7 Å². The van der Waals surface area contributed by atoms with Gasteiger partial charge in [0, 0.05) is 11.6 Å². The molecule has 1 amide bonds. The molecule has 2 rings (SSSR count). The summed E-state index contributed by atoms with van der Waals surface area (Å²) in [4.78, 5) is 12.4. The lowest BCUT2D eigenvalue weighted by Gasteiger charge is -2.10. The van der Waals surface area contributed by atoms with Crippen molar-refractivity contribution in [2.75, 3.05) is 11.9 Å². The van der Waals surface area contributed by atoms with E-state index in [2.05, 4.69) is 12.2 Å². The molecule has 0 aliphatic carbocycles. The molecule has 170 valence electrons. The first-order chi connectivity index (χ1) is 15.0. The van der Waals surface area contributed by atoms with Crippen LogP contribution in [0.1, 0.15) is 87.1 Å². The van der Waals surface area contributed by atoms with E-state index in [1.54, 1.807) is 31.2 Å². The van der Waals surface area contributed by atoms with Crippen molar-refractivity contribution < 1.29 is 19.7 Å². The molecule has 3 N–H and O–H groups in total. The predicted octanol–water partition coefficient (Wildman–Crippen LogP) is 6.96. The first-order valence-corrected chi connectivity index (χ1v) is 11.6. The molecule has 2 aromatic rings. The molecule has 5 heteroatoms. The molecule has 0 aliphatic rings. The maximum atomic E-state index is 12.4. The van der Waals surface area contributed by atoms with Gasteiger partial charge in [-0.15, -0.1) is 0 Å². The molecular formula is C26H37NO4. The van der Waals surface area contributed by atoms with E-state index < -0.39 is 0 Å². The highest BCUT2D eigenvalue weighted by Gasteiger charge is 2.11. The van der Waals surface area contributed by atoms with Crippen LogP contribution in [0.15, 0.2) is 36.4 Å². The molecule has 0 aromatic heterocycles. The average molecular weight is 428 g/mol. The van der Waals surface area contributed by atoms with Crippen molar-refractivity contribution in [2.45, 2.75) is 78.1 Å². The zero-order valence-electron chi connectivity index (χ0n) is 19.0. The number of phenolic OH excluding ortho intramolecular Hbond substituents is 2. The second-order valence-corrected chi connectivity index (χ2v) is 8.16. The maximum absolute atomic E-state index is 12.4. The summed E-state index contributed by atoms with van der Waals surface area (Å²) in [7, 11) is 0. The number of amides is 1. The van der Waals surface area contributed by atoms with Gasteiger partial charge in [-0.05, 0) is 49.2 Å². The summed E-state index contributed by atoms with van der Waals surface area (Å²) in [6, 6.07) is 9.68. The fourth-order valence-electron chi connectivity index (χ4n) is 3.46. The standard InChI is InChI=1S/C26H37NO4/c1-3-4-5-6-7-8-9-10-11-12-17-31-22-15-13-21(14-16-22)26(30)27-23-19-24(28)20(2)18-25(23)29/h13-16,18-19,28-29H,3-12,17H2,1-2H3,(H,27,30). The van der Waals surface area contributed by atoms with Gasteiger partial charge < -0.3 is 20.3 Å². The largest absolute Gasteiger partial charge is 0.508 e. The van der Waals surface area contributed by atoms with Gasteiger partial charge in [-0.25, -0.2) is 0 Å². The summed E-state index contributed by atoms with van der Waals surface area (Å²) in [5.41, 5.74) is 1.17. The number of hydrogen-bond donors (Lipinski definition) is 3. The Morgan fingerprint density at radius 3 is 2.03 bits per heavy atom. The zero-order valence-corrected chi connectivity index (χ0v) is 19.0. The molecule has 0 radical (unpaired) electrons. The van der Waals surface area contributed by atoms with Gasteiger partial charge in [0.2, 0.25) is 0 Å². The summed E-state index contributed by atoms with van der Waals surface area (Å²) in [6.45, 7) is 4.60. The first kappa shape index (κ1) is 24.6. The highest BCUT2D eigenvalue weighted by molar-refractivity contribution is 6.05. The van der Waals surface area contributed by atoms with Gasteiger partial charge >= 0.3 is 0 Å². The number of rotatable bonds is 14. The number of carbonyl (C=O) groups is 1. The van der Waals surface area contributed by atoms with E-state index in [-0.39, 0.29) is 23.1 Å². The second-order valence-electron chi connectivity index (χ2n) is 8.16. The molecule has 2 aromatic carbocycles. The topological polar surface area (TPSA) is 78.8 Å². The van der Waals surface area contributed by atoms with Gasteiger partial charge in [-0.2, -0.15) is 0 Å². The molecule has 0 aliphatic heterocycles. The van der Waals surface area contributed by atoms with Gasteiger partial charge in [-0.1, -0.05) is 64.7 Å². The SMILES string of the molecule is CCCCCCCCCCCCOc1ccc(C(=O)Nc2cc(O)c(C)cc2O)cc1. The molecule has 0 atom stereocenters. The molecule has 0 unspecified atom stereocenters. The van der Waals surface area contributed by atoms with Crippen molar-refractivity contribution in [3.63, 3.8) is 0 Å². The molecule has 31 heavy (non-hydrogen) atoms. The van der Waals surface area contributed by atoms with E-state index in [0.717, 1.165) is 12.2 Å². The predicted molar refractivity (Wildman–Crippen MR) is 126 cm³/mol. The molecule has 0 saturated carbocycles. The van der Waals surface area contributed by atoms with Crippen LogP contribution in [0, 0.1) is 6.92 Å². The minimum Gasteiger partial charge on any atom is -0.508 e. The third-order valence-corrected chi connectivity index (χ3v) is 5.45. The normalized spacial score (nSPS) is 10.8. The number of benzene rings is 2. The molecule has 5 nitrogen and oxygen atoms in total. The van der Waals surface area contributed by atoms with Crippen molar-refractivity contribution in [3.8, 4) is 17.2 Å². The summed E-state index contributed by atoms with van der Waals surface area (Å²) >= 11 is 0. The van der Waals surface area contributed by atoms with Gasteiger partial charge in [0.1, 0.15) is 17.2 Å². The van der Waals surface area contributed by atoms with Crippen LogP contribution in [0.3, 0.4) is 0 Å². The third kappa shape index (κ3) is 8.91. The number of aryl methyl sites for hydroxylation is 1. The van der Waals surface area contributed by atoms with Crippen LogP contribution in [-0.2, 0) is 0 Å². The van der Waals surface area contributed by atoms with Crippen LogP contribution in [0.2, 0.25) is 0 Å². The van der Waals surface area contributed by atoms with E-state index in [9.17, 15) is 15.0 Å². The highest BCUT2D eigenvalue weighted by Crippen LogP contribution is 2.31. The van der Waals surface area contributed by atoms with Crippen LogP contribution in [-0.4, -0.2) is 22.7 Å². The quantitative estimate of drug-likeness (QED) is 0.173. The fourth-order valence-corrected chi connectivity index (χ4v) is 3.46. The zero-order chi connectivity index (χ0) is 22.5. The van der Waals surface area contributed by atoms with E-state index in [4.69, 9.17) is 4.74 Å². The second kappa shape index (κ2) is 13.6. The number of phenols is 2. The van der Waals surface area contributed by atoms with Crippen molar-refractivity contribution in [1.82, 2.24) is 0 Å². The monoisotopic (exact) mass is 427 g/mol. The Morgan fingerprint density at radius 2 is 1.42 bits per heavy atom. The lowest BCUT2D eigenvalue weighted by Crippen LogP contribution is -2.12. The Morgan fingerprint density at radius 1 is 0.839 bits per heavy atom. The van der Waals surface area contributed by atoms with Crippen LogP contribution in [0.4, 0.5) is 5.69 Å². The molecule has 0 heterocycles. The Hall–Kier alpha value is -2.69.